The van der Waals surface area contributed by atoms with Crippen LogP contribution in [-0.4, -0.2) is 28.9 Å². The Morgan fingerprint density at radius 3 is 2.62 bits per heavy atom. The van der Waals surface area contributed by atoms with Crippen molar-refractivity contribution in [1.29, 1.82) is 0 Å². The van der Waals surface area contributed by atoms with Crippen molar-refractivity contribution in [2.24, 2.45) is 5.73 Å². The average Bonchev–Trinajstić information content (AvgIpc) is 2.51. The molecule has 3 N–H and O–H groups in total. The first-order valence-electron chi connectivity index (χ1n) is 6.92. The Labute approximate surface area is 123 Å². The van der Waals surface area contributed by atoms with Gasteiger partial charge in [-0.2, -0.15) is 0 Å². The van der Waals surface area contributed by atoms with Gasteiger partial charge in [-0.05, 0) is 24.6 Å². The summed E-state index contributed by atoms with van der Waals surface area (Å²) in [6, 6.07) is 12.7. The molecular weight excluding hydrogens is 266 g/mol. The van der Waals surface area contributed by atoms with E-state index in [-0.39, 0.29) is 11.5 Å². The van der Waals surface area contributed by atoms with Crippen molar-refractivity contribution in [3.8, 4) is 0 Å². The molecule has 0 saturated carbocycles. The second kappa shape index (κ2) is 7.40. The lowest BCUT2D eigenvalue weighted by molar-refractivity contribution is 0.0742. The molecule has 0 aliphatic rings. The summed E-state index contributed by atoms with van der Waals surface area (Å²) in [6.45, 7) is 1.59. The number of nitrogens with two attached hydrogens (primary N) is 1. The fraction of sp³-hybridized carbons (Fsp3) is 0.250. The molecule has 2 rings (SSSR count). The van der Waals surface area contributed by atoms with Crippen LogP contribution < -0.4 is 11.3 Å². The van der Waals surface area contributed by atoms with Gasteiger partial charge in [-0.1, -0.05) is 30.3 Å². The summed E-state index contributed by atoms with van der Waals surface area (Å²) < 4.78 is 0. The first kappa shape index (κ1) is 15.0. The molecule has 0 atom stereocenters. The predicted octanol–water partition coefficient (Wildman–Crippen LogP) is 1.37. The number of aromatic nitrogens is 1. The highest BCUT2D eigenvalue weighted by Gasteiger charge is 2.16. The second-order valence-electron chi connectivity index (χ2n) is 4.80. The number of carbonyl (C=O) groups is 1. The van der Waals surface area contributed by atoms with Crippen LogP contribution in [0.3, 0.4) is 0 Å². The zero-order valence-electron chi connectivity index (χ0n) is 11.8. The summed E-state index contributed by atoms with van der Waals surface area (Å²) in [7, 11) is 0. The number of nitrogens with one attached hydrogen (secondary N) is 1. The molecule has 0 radical (unpaired) electrons. The van der Waals surface area contributed by atoms with Crippen molar-refractivity contribution < 1.29 is 4.79 Å². The van der Waals surface area contributed by atoms with E-state index in [1.54, 1.807) is 11.0 Å². The quantitative estimate of drug-likeness (QED) is 0.841. The molecule has 1 amide bonds. The van der Waals surface area contributed by atoms with Gasteiger partial charge in [0.15, 0.2) is 0 Å². The number of rotatable bonds is 6. The number of aromatic amines is 1. The largest absolute Gasteiger partial charge is 0.334 e. The zero-order chi connectivity index (χ0) is 15.1. The molecule has 1 heterocycles. The Balaban J connectivity index is 2.18. The lowest BCUT2D eigenvalue weighted by Crippen LogP contribution is -2.33. The number of hydrogen-bond donors (Lipinski definition) is 2. The van der Waals surface area contributed by atoms with Crippen LogP contribution in [-0.2, 0) is 6.54 Å². The number of pyridine rings is 1. The fourth-order valence-electron chi connectivity index (χ4n) is 2.10. The maximum absolute atomic E-state index is 12.5. The second-order valence-corrected chi connectivity index (χ2v) is 4.80. The van der Waals surface area contributed by atoms with E-state index in [0.717, 1.165) is 12.0 Å². The molecule has 0 saturated heterocycles. The van der Waals surface area contributed by atoms with Crippen molar-refractivity contribution in [3.05, 3.63) is 70.1 Å². The third-order valence-corrected chi connectivity index (χ3v) is 3.16. The molecular formula is C16H19N3O2. The Bertz CT molecular complexity index is 637. The summed E-state index contributed by atoms with van der Waals surface area (Å²) in [5.74, 6) is -0.154. The molecule has 0 fully saturated rings. The minimum Gasteiger partial charge on any atom is -0.334 e. The van der Waals surface area contributed by atoms with Crippen LogP contribution in [0.4, 0.5) is 0 Å². The van der Waals surface area contributed by atoms with Gasteiger partial charge in [-0.15, -0.1) is 0 Å². The predicted molar refractivity (Wildman–Crippen MR) is 81.9 cm³/mol. The molecule has 1 aromatic carbocycles. The summed E-state index contributed by atoms with van der Waals surface area (Å²) in [5, 5.41) is 0. The van der Waals surface area contributed by atoms with Crippen LogP contribution in [0.5, 0.6) is 0 Å². The topological polar surface area (TPSA) is 79.2 Å². The minimum atomic E-state index is -0.278. The number of carbonyl (C=O) groups excluding carboxylic acids is 1. The van der Waals surface area contributed by atoms with E-state index < -0.39 is 0 Å². The van der Waals surface area contributed by atoms with Gasteiger partial charge in [0, 0.05) is 30.9 Å². The number of H-pyrrole nitrogens is 1. The van der Waals surface area contributed by atoms with Gasteiger partial charge in [0.05, 0.1) is 0 Å². The van der Waals surface area contributed by atoms with Crippen molar-refractivity contribution in [3.63, 3.8) is 0 Å². The third-order valence-electron chi connectivity index (χ3n) is 3.16. The van der Waals surface area contributed by atoms with Crippen LogP contribution in [0.1, 0.15) is 22.3 Å². The number of hydrogen-bond acceptors (Lipinski definition) is 3. The first-order valence-corrected chi connectivity index (χ1v) is 6.92. The number of nitrogens with zero attached hydrogens (tertiary/aromatic N) is 1. The summed E-state index contributed by atoms with van der Waals surface area (Å²) >= 11 is 0. The Morgan fingerprint density at radius 1 is 1.19 bits per heavy atom. The smallest absolute Gasteiger partial charge is 0.254 e. The molecule has 21 heavy (non-hydrogen) atoms. The number of benzene rings is 1. The van der Waals surface area contributed by atoms with Crippen LogP contribution in [0.25, 0.3) is 0 Å². The highest BCUT2D eigenvalue weighted by atomic mass is 16.2. The third kappa shape index (κ3) is 4.29. The Hall–Kier alpha value is -2.40. The van der Waals surface area contributed by atoms with E-state index in [1.807, 2.05) is 30.3 Å². The highest BCUT2D eigenvalue weighted by Crippen LogP contribution is 2.09. The van der Waals surface area contributed by atoms with Gasteiger partial charge in [-0.3, -0.25) is 9.59 Å². The molecule has 0 unspecified atom stereocenters. The lowest BCUT2D eigenvalue weighted by atomic mass is 10.1. The normalized spacial score (nSPS) is 10.3. The van der Waals surface area contributed by atoms with Crippen LogP contribution >= 0.6 is 0 Å². The van der Waals surface area contributed by atoms with Crippen LogP contribution in [0.15, 0.2) is 53.5 Å². The summed E-state index contributed by atoms with van der Waals surface area (Å²) in [6.07, 6.45) is 2.21. The van der Waals surface area contributed by atoms with E-state index in [0.29, 0.717) is 25.2 Å². The SMILES string of the molecule is NCCCN(Cc1ccccc1)C(=O)c1cc[nH]c(=O)c1. The van der Waals surface area contributed by atoms with Crippen molar-refractivity contribution >= 4 is 5.91 Å². The first-order chi connectivity index (χ1) is 10.2. The van der Waals surface area contributed by atoms with E-state index in [4.69, 9.17) is 5.73 Å². The molecule has 5 heteroatoms. The van der Waals surface area contributed by atoms with Gasteiger partial charge in [0.1, 0.15) is 0 Å². The van der Waals surface area contributed by atoms with Gasteiger partial charge < -0.3 is 15.6 Å². The maximum atomic E-state index is 12.5. The fourth-order valence-corrected chi connectivity index (χ4v) is 2.10. The van der Waals surface area contributed by atoms with Crippen LogP contribution in [0.2, 0.25) is 0 Å². The summed E-state index contributed by atoms with van der Waals surface area (Å²) in [4.78, 5) is 28.1. The molecule has 0 aliphatic carbocycles. The average molecular weight is 285 g/mol. The monoisotopic (exact) mass is 285 g/mol. The molecule has 5 nitrogen and oxygen atoms in total. The molecule has 0 aliphatic heterocycles. The lowest BCUT2D eigenvalue weighted by Gasteiger charge is -2.22. The molecule has 1 aromatic heterocycles. The van der Waals surface area contributed by atoms with Gasteiger partial charge in [-0.25, -0.2) is 0 Å². The van der Waals surface area contributed by atoms with Gasteiger partial charge in [0.25, 0.3) is 5.91 Å². The Morgan fingerprint density at radius 2 is 1.95 bits per heavy atom. The molecule has 110 valence electrons. The summed E-state index contributed by atoms with van der Waals surface area (Å²) in [5.41, 5.74) is 6.71. The molecule has 0 spiro atoms. The standard InChI is InChI=1S/C16H19N3O2/c17-8-4-10-19(12-13-5-2-1-3-6-13)16(21)14-7-9-18-15(20)11-14/h1-3,5-7,9,11H,4,8,10,12,17H2,(H,18,20). The van der Waals surface area contributed by atoms with E-state index in [9.17, 15) is 9.59 Å². The van der Waals surface area contributed by atoms with Crippen molar-refractivity contribution in [2.75, 3.05) is 13.1 Å². The molecule has 2 aromatic rings. The highest BCUT2D eigenvalue weighted by molar-refractivity contribution is 5.94. The van der Waals surface area contributed by atoms with Crippen molar-refractivity contribution in [1.82, 2.24) is 9.88 Å². The van der Waals surface area contributed by atoms with Gasteiger partial charge in [0.2, 0.25) is 5.56 Å². The van der Waals surface area contributed by atoms with E-state index in [1.165, 1.54) is 12.3 Å². The van der Waals surface area contributed by atoms with Crippen LogP contribution in [0, 0.1) is 0 Å². The zero-order valence-corrected chi connectivity index (χ0v) is 11.8. The maximum Gasteiger partial charge on any atom is 0.254 e. The van der Waals surface area contributed by atoms with Gasteiger partial charge >= 0.3 is 0 Å². The molecule has 0 bridgehead atoms. The van der Waals surface area contributed by atoms with E-state index >= 15 is 0 Å². The minimum absolute atomic E-state index is 0.154. The van der Waals surface area contributed by atoms with E-state index in [2.05, 4.69) is 4.98 Å². The number of amides is 1. The van der Waals surface area contributed by atoms with Crippen molar-refractivity contribution in [2.45, 2.75) is 13.0 Å². The Kier molecular flexibility index (Phi) is 5.29.